The lowest BCUT2D eigenvalue weighted by atomic mass is 10.0. The van der Waals surface area contributed by atoms with Crippen molar-refractivity contribution in [2.45, 2.75) is 25.9 Å². The molecule has 1 atom stereocenters. The Bertz CT molecular complexity index is 1350. The van der Waals surface area contributed by atoms with Crippen LogP contribution in [0.2, 0.25) is 0 Å². The van der Waals surface area contributed by atoms with Crippen molar-refractivity contribution < 1.29 is 22.4 Å². The molecule has 202 valence electrons. The summed E-state index contributed by atoms with van der Waals surface area (Å²) in [7, 11) is 0.0721. The van der Waals surface area contributed by atoms with Gasteiger partial charge in [0.1, 0.15) is 18.4 Å². The highest BCUT2D eigenvalue weighted by molar-refractivity contribution is 7.90. The molecular weight excluding hydrogens is 507 g/mol. The number of nitrogens with one attached hydrogen (secondary N) is 1. The third-order valence-corrected chi connectivity index (χ3v) is 8.07. The standard InChI is InChI=1S/C28H33FN4O4S/c1-21-10-8-9-13-23(21)19-32(26(28(35)30-2)18-22-11-6-5-7-12-22)27(34)20-33(38(36,37)31(3)4)25-16-14-24(29)15-17-25/h5-17,26H,18-20H2,1-4H3,(H,30,35). The van der Waals surface area contributed by atoms with E-state index >= 15 is 0 Å². The number of amides is 2. The molecule has 3 aromatic rings. The number of aryl methyl sites for hydroxylation is 1. The Morgan fingerprint density at radius 2 is 1.53 bits per heavy atom. The first kappa shape index (κ1) is 28.8. The Morgan fingerprint density at radius 1 is 0.921 bits per heavy atom. The quantitative estimate of drug-likeness (QED) is 0.405. The van der Waals surface area contributed by atoms with Gasteiger partial charge >= 0.3 is 10.2 Å². The van der Waals surface area contributed by atoms with Gasteiger partial charge in [-0.2, -0.15) is 12.7 Å². The number of nitrogens with zero attached hydrogens (tertiary/aromatic N) is 3. The highest BCUT2D eigenvalue weighted by Crippen LogP contribution is 2.22. The predicted molar refractivity (Wildman–Crippen MR) is 146 cm³/mol. The lowest BCUT2D eigenvalue weighted by Gasteiger charge is -2.34. The van der Waals surface area contributed by atoms with E-state index in [0.717, 1.165) is 37.4 Å². The fraction of sp³-hybridized carbons (Fsp3) is 0.286. The lowest BCUT2D eigenvalue weighted by molar-refractivity contribution is -0.139. The Morgan fingerprint density at radius 3 is 2.11 bits per heavy atom. The SMILES string of the molecule is CNC(=O)C(Cc1ccccc1)N(Cc1ccccc1C)C(=O)CN(c1ccc(F)cc1)S(=O)(=O)N(C)C. The molecule has 8 nitrogen and oxygen atoms in total. The van der Waals surface area contributed by atoms with E-state index in [9.17, 15) is 22.4 Å². The van der Waals surface area contributed by atoms with E-state index in [2.05, 4.69) is 5.32 Å². The van der Waals surface area contributed by atoms with Crippen molar-refractivity contribution in [2.75, 3.05) is 32.0 Å². The maximum atomic E-state index is 14.0. The molecule has 0 heterocycles. The second-order valence-corrected chi connectivity index (χ2v) is 11.1. The number of carbonyl (C=O) groups excluding carboxylic acids is 2. The molecule has 0 fully saturated rings. The van der Waals surface area contributed by atoms with E-state index in [1.54, 1.807) is 0 Å². The number of hydrogen-bond acceptors (Lipinski definition) is 4. The molecule has 0 aliphatic heterocycles. The zero-order valence-electron chi connectivity index (χ0n) is 22.0. The maximum Gasteiger partial charge on any atom is 0.304 e. The number of anilines is 1. The maximum absolute atomic E-state index is 14.0. The molecule has 3 aromatic carbocycles. The lowest BCUT2D eigenvalue weighted by Crippen LogP contribution is -2.54. The third-order valence-electron chi connectivity index (χ3n) is 6.25. The summed E-state index contributed by atoms with van der Waals surface area (Å²) in [6.07, 6.45) is 0.231. The molecule has 0 bridgehead atoms. The summed E-state index contributed by atoms with van der Waals surface area (Å²) in [5.41, 5.74) is 2.73. The van der Waals surface area contributed by atoms with Crippen molar-refractivity contribution in [3.8, 4) is 0 Å². The highest BCUT2D eigenvalue weighted by atomic mass is 32.2. The largest absolute Gasteiger partial charge is 0.357 e. The molecule has 0 aromatic heterocycles. The van der Waals surface area contributed by atoms with Crippen molar-refractivity contribution in [3.63, 3.8) is 0 Å². The molecule has 0 saturated heterocycles. The normalized spacial score (nSPS) is 12.2. The fourth-order valence-corrected chi connectivity index (χ4v) is 5.07. The number of carbonyl (C=O) groups is 2. The molecule has 0 spiro atoms. The topological polar surface area (TPSA) is 90.0 Å². The summed E-state index contributed by atoms with van der Waals surface area (Å²) in [6.45, 7) is 1.42. The summed E-state index contributed by atoms with van der Waals surface area (Å²) >= 11 is 0. The minimum atomic E-state index is -4.13. The van der Waals surface area contributed by atoms with E-state index in [4.69, 9.17) is 0 Å². The van der Waals surface area contributed by atoms with Crippen molar-refractivity contribution in [1.82, 2.24) is 14.5 Å². The van der Waals surface area contributed by atoms with Crippen molar-refractivity contribution in [3.05, 3.63) is 101 Å². The molecule has 3 rings (SSSR count). The van der Waals surface area contributed by atoms with Crippen molar-refractivity contribution in [2.24, 2.45) is 0 Å². The average Bonchev–Trinajstić information content (AvgIpc) is 2.90. The van der Waals surface area contributed by atoms with Gasteiger partial charge in [0.2, 0.25) is 11.8 Å². The first-order valence-corrected chi connectivity index (χ1v) is 13.5. The first-order valence-electron chi connectivity index (χ1n) is 12.1. The molecule has 1 unspecified atom stereocenters. The van der Waals surface area contributed by atoms with Crippen LogP contribution in [0, 0.1) is 12.7 Å². The molecule has 0 aliphatic rings. The summed E-state index contributed by atoms with van der Waals surface area (Å²) in [6, 6.07) is 20.8. The third kappa shape index (κ3) is 6.96. The van der Waals surface area contributed by atoms with Gasteiger partial charge in [-0.3, -0.25) is 9.59 Å². The van der Waals surface area contributed by atoms with Crippen LogP contribution in [-0.4, -0.2) is 63.2 Å². The minimum Gasteiger partial charge on any atom is -0.357 e. The Balaban J connectivity index is 2.07. The Hall–Kier alpha value is -3.76. The van der Waals surface area contributed by atoms with Gasteiger partial charge < -0.3 is 10.2 Å². The molecule has 2 amide bonds. The zero-order chi connectivity index (χ0) is 27.9. The van der Waals surface area contributed by atoms with Crippen LogP contribution >= 0.6 is 0 Å². The first-order chi connectivity index (χ1) is 18.0. The molecule has 10 heteroatoms. The molecule has 0 aliphatic carbocycles. The van der Waals surface area contributed by atoms with Gasteiger partial charge in [0, 0.05) is 34.1 Å². The highest BCUT2D eigenvalue weighted by Gasteiger charge is 2.34. The van der Waals surface area contributed by atoms with E-state index in [1.807, 2.05) is 61.5 Å². The van der Waals surface area contributed by atoms with Crippen LogP contribution in [-0.2, 0) is 32.8 Å². The van der Waals surface area contributed by atoms with Gasteiger partial charge in [-0.15, -0.1) is 0 Å². The number of hydrogen-bond donors (Lipinski definition) is 1. The second kappa shape index (κ2) is 12.7. The molecular formula is C28H33FN4O4S. The van der Waals surface area contributed by atoms with Crippen molar-refractivity contribution >= 4 is 27.7 Å². The van der Waals surface area contributed by atoms with Gasteiger partial charge in [0.25, 0.3) is 0 Å². The Labute approximate surface area is 223 Å². The summed E-state index contributed by atoms with van der Waals surface area (Å²) in [5, 5.41) is 2.65. The second-order valence-electron chi connectivity index (χ2n) is 9.04. The van der Waals surface area contributed by atoms with Crippen LogP contribution in [0.1, 0.15) is 16.7 Å². The molecule has 0 radical (unpaired) electrons. The summed E-state index contributed by atoms with van der Waals surface area (Å²) < 4.78 is 42.0. The van der Waals surface area contributed by atoms with Crippen LogP contribution in [0.5, 0.6) is 0 Å². The van der Waals surface area contributed by atoms with E-state index in [-0.39, 0.29) is 24.6 Å². The minimum absolute atomic E-state index is 0.0930. The summed E-state index contributed by atoms with van der Waals surface area (Å²) in [5.74, 6) is -1.49. The van der Waals surface area contributed by atoms with Gasteiger partial charge in [-0.1, -0.05) is 54.6 Å². The smallest absolute Gasteiger partial charge is 0.304 e. The van der Waals surface area contributed by atoms with E-state index < -0.39 is 34.5 Å². The van der Waals surface area contributed by atoms with Crippen molar-refractivity contribution in [1.29, 1.82) is 0 Å². The van der Waals surface area contributed by atoms with E-state index in [1.165, 1.54) is 38.2 Å². The number of likely N-dealkylation sites (N-methyl/N-ethyl adjacent to an activating group) is 1. The van der Waals surface area contributed by atoms with Crippen LogP contribution in [0.25, 0.3) is 0 Å². The monoisotopic (exact) mass is 540 g/mol. The average molecular weight is 541 g/mol. The van der Waals surface area contributed by atoms with Crippen LogP contribution in [0.4, 0.5) is 10.1 Å². The molecule has 0 saturated carbocycles. The molecule has 1 N–H and O–H groups in total. The summed E-state index contributed by atoms with van der Waals surface area (Å²) in [4.78, 5) is 28.5. The van der Waals surface area contributed by atoms with Gasteiger partial charge in [-0.05, 0) is 47.9 Å². The van der Waals surface area contributed by atoms with E-state index in [0.29, 0.717) is 0 Å². The Kier molecular flexibility index (Phi) is 9.60. The fourth-order valence-electron chi connectivity index (χ4n) is 4.02. The van der Waals surface area contributed by atoms with Gasteiger partial charge in [-0.25, -0.2) is 8.70 Å². The number of benzene rings is 3. The molecule has 38 heavy (non-hydrogen) atoms. The van der Waals surface area contributed by atoms with Crippen LogP contribution < -0.4 is 9.62 Å². The van der Waals surface area contributed by atoms with Gasteiger partial charge in [0.15, 0.2) is 0 Å². The number of halogens is 1. The van der Waals surface area contributed by atoms with Crippen LogP contribution in [0.15, 0.2) is 78.9 Å². The zero-order valence-corrected chi connectivity index (χ0v) is 22.8. The van der Waals surface area contributed by atoms with Crippen LogP contribution in [0.3, 0.4) is 0 Å². The number of rotatable bonds is 11. The van der Waals surface area contributed by atoms with Gasteiger partial charge in [0.05, 0.1) is 5.69 Å². The predicted octanol–water partition coefficient (Wildman–Crippen LogP) is 3.13.